The number of hydrogen-bond donors (Lipinski definition) is 0. The van der Waals surface area contributed by atoms with Crippen molar-refractivity contribution in [2.75, 3.05) is 18.0 Å². The standard InChI is InChI=1S/C29H25NO7S/c1-3-16-30(25-12-4-5-13-26(25)35-2)38(33,34)21-9-6-8-19(17-21)28(31)36-20-14-15-23-22-10-7-11-24(22)29(32)37-27(23)18-20/h3-6,8-9,12-15,17-18H,1,7,10-11,16H2,2H3. The van der Waals surface area contributed by atoms with E-state index in [1.807, 2.05) is 0 Å². The average molecular weight is 532 g/mol. The summed E-state index contributed by atoms with van der Waals surface area (Å²) in [4.78, 5) is 25.2. The first kappa shape index (κ1) is 25.3. The molecule has 0 amide bonds. The first-order chi connectivity index (χ1) is 18.3. The molecule has 38 heavy (non-hydrogen) atoms. The normalized spacial score (nSPS) is 12.7. The van der Waals surface area contributed by atoms with Gasteiger partial charge in [0.2, 0.25) is 0 Å². The molecule has 1 aromatic heterocycles. The molecule has 4 aromatic rings. The Bertz CT molecular complexity index is 1720. The van der Waals surface area contributed by atoms with Gasteiger partial charge in [-0.3, -0.25) is 4.31 Å². The molecule has 5 rings (SSSR count). The van der Waals surface area contributed by atoms with E-state index in [4.69, 9.17) is 13.9 Å². The number of sulfonamides is 1. The van der Waals surface area contributed by atoms with E-state index in [0.717, 1.165) is 28.1 Å². The van der Waals surface area contributed by atoms with Gasteiger partial charge in [0.05, 0.1) is 29.8 Å². The van der Waals surface area contributed by atoms with Crippen molar-refractivity contribution in [1.29, 1.82) is 0 Å². The number of anilines is 1. The van der Waals surface area contributed by atoms with E-state index in [1.54, 1.807) is 36.4 Å². The summed E-state index contributed by atoms with van der Waals surface area (Å²) in [7, 11) is -2.63. The van der Waals surface area contributed by atoms with Gasteiger partial charge in [-0.25, -0.2) is 18.0 Å². The summed E-state index contributed by atoms with van der Waals surface area (Å²) in [6.45, 7) is 3.67. The van der Waals surface area contributed by atoms with Gasteiger partial charge >= 0.3 is 11.6 Å². The molecule has 0 saturated carbocycles. The van der Waals surface area contributed by atoms with Gasteiger partial charge in [-0.05, 0) is 67.3 Å². The number of fused-ring (bicyclic) bond motifs is 3. The van der Waals surface area contributed by atoms with Crippen LogP contribution >= 0.6 is 0 Å². The van der Waals surface area contributed by atoms with Crippen LogP contribution in [0.1, 0.15) is 27.9 Å². The van der Waals surface area contributed by atoms with Crippen molar-refractivity contribution in [1.82, 2.24) is 0 Å². The SMILES string of the molecule is C=CCN(c1ccccc1OC)S(=O)(=O)c1cccc(C(=O)Oc2ccc3c4c(c(=O)oc3c2)CCC4)c1. The Kier molecular flexibility index (Phi) is 6.77. The molecule has 0 radical (unpaired) electrons. The molecular weight excluding hydrogens is 506 g/mol. The minimum Gasteiger partial charge on any atom is -0.495 e. The predicted molar refractivity (Wildman–Crippen MR) is 144 cm³/mol. The molecule has 0 saturated heterocycles. The zero-order chi connectivity index (χ0) is 26.9. The van der Waals surface area contributed by atoms with Gasteiger partial charge in [-0.15, -0.1) is 6.58 Å². The number of benzene rings is 3. The first-order valence-corrected chi connectivity index (χ1v) is 13.4. The van der Waals surface area contributed by atoms with Crippen LogP contribution in [-0.4, -0.2) is 28.0 Å². The quantitative estimate of drug-likeness (QED) is 0.138. The van der Waals surface area contributed by atoms with E-state index < -0.39 is 16.0 Å². The number of aryl methyl sites for hydroxylation is 1. The van der Waals surface area contributed by atoms with Crippen molar-refractivity contribution in [3.8, 4) is 11.5 Å². The van der Waals surface area contributed by atoms with E-state index in [1.165, 1.54) is 43.5 Å². The van der Waals surface area contributed by atoms with E-state index >= 15 is 0 Å². The maximum absolute atomic E-state index is 13.6. The van der Waals surface area contributed by atoms with Crippen LogP contribution in [0, 0.1) is 0 Å². The Hall–Kier alpha value is -4.37. The third-order valence-electron chi connectivity index (χ3n) is 6.46. The highest BCUT2D eigenvalue weighted by molar-refractivity contribution is 7.92. The highest BCUT2D eigenvalue weighted by atomic mass is 32.2. The summed E-state index contributed by atoms with van der Waals surface area (Å²) < 4.78 is 44.7. The fraction of sp³-hybridized carbons (Fsp3) is 0.172. The molecule has 9 heteroatoms. The van der Waals surface area contributed by atoms with Gasteiger partial charge < -0.3 is 13.9 Å². The number of para-hydroxylation sites is 2. The van der Waals surface area contributed by atoms with Gasteiger partial charge in [0.15, 0.2) is 0 Å². The van der Waals surface area contributed by atoms with Crippen LogP contribution < -0.4 is 19.4 Å². The van der Waals surface area contributed by atoms with Crippen molar-refractivity contribution in [2.45, 2.75) is 24.2 Å². The largest absolute Gasteiger partial charge is 0.495 e. The second kappa shape index (κ2) is 10.2. The molecule has 0 unspecified atom stereocenters. The first-order valence-electron chi connectivity index (χ1n) is 12.0. The summed E-state index contributed by atoms with van der Waals surface area (Å²) in [6.07, 6.45) is 3.87. The van der Waals surface area contributed by atoms with Crippen LogP contribution in [0.3, 0.4) is 0 Å². The molecule has 0 bridgehead atoms. The molecule has 0 aliphatic heterocycles. The Morgan fingerprint density at radius 3 is 2.63 bits per heavy atom. The molecule has 1 heterocycles. The maximum atomic E-state index is 13.6. The highest BCUT2D eigenvalue weighted by Gasteiger charge is 2.27. The number of carbonyl (C=O) groups is 1. The molecule has 0 spiro atoms. The molecule has 1 aliphatic carbocycles. The van der Waals surface area contributed by atoms with Gasteiger partial charge in [0.1, 0.15) is 17.1 Å². The lowest BCUT2D eigenvalue weighted by atomic mass is 10.1. The fourth-order valence-electron chi connectivity index (χ4n) is 4.68. The monoisotopic (exact) mass is 531 g/mol. The van der Waals surface area contributed by atoms with Crippen molar-refractivity contribution < 1.29 is 27.1 Å². The lowest BCUT2D eigenvalue weighted by Gasteiger charge is -2.25. The molecule has 8 nitrogen and oxygen atoms in total. The molecule has 3 aromatic carbocycles. The summed E-state index contributed by atoms with van der Waals surface area (Å²) in [5, 5.41) is 0.823. The number of methoxy groups -OCH3 is 1. The Morgan fingerprint density at radius 1 is 1.05 bits per heavy atom. The lowest BCUT2D eigenvalue weighted by Crippen LogP contribution is -2.31. The number of esters is 1. The molecule has 0 atom stereocenters. The minimum absolute atomic E-state index is 0.0105. The van der Waals surface area contributed by atoms with Gasteiger partial charge in [0, 0.05) is 17.0 Å². The zero-order valence-corrected chi connectivity index (χ0v) is 21.5. The minimum atomic E-state index is -4.09. The fourth-order valence-corrected chi connectivity index (χ4v) is 6.18. The Balaban J connectivity index is 1.45. The summed E-state index contributed by atoms with van der Waals surface area (Å²) >= 11 is 0. The predicted octanol–water partition coefficient (Wildman–Crippen LogP) is 4.89. The second-order valence-corrected chi connectivity index (χ2v) is 10.6. The number of hydrogen-bond acceptors (Lipinski definition) is 7. The van der Waals surface area contributed by atoms with Crippen molar-refractivity contribution in [3.63, 3.8) is 0 Å². The van der Waals surface area contributed by atoms with Crippen molar-refractivity contribution >= 4 is 32.6 Å². The van der Waals surface area contributed by atoms with Crippen LogP contribution in [0.4, 0.5) is 5.69 Å². The van der Waals surface area contributed by atoms with E-state index in [2.05, 4.69) is 6.58 Å². The third-order valence-corrected chi connectivity index (χ3v) is 8.24. The van der Waals surface area contributed by atoms with Crippen LogP contribution in [0.5, 0.6) is 11.5 Å². The Morgan fingerprint density at radius 2 is 1.84 bits per heavy atom. The number of carbonyl (C=O) groups excluding carboxylic acids is 1. The van der Waals surface area contributed by atoms with Gasteiger partial charge in [0.25, 0.3) is 10.0 Å². The maximum Gasteiger partial charge on any atom is 0.343 e. The average Bonchev–Trinajstić information content (AvgIpc) is 3.43. The molecular formula is C29H25NO7S. The zero-order valence-electron chi connectivity index (χ0n) is 20.7. The van der Waals surface area contributed by atoms with E-state index in [-0.39, 0.29) is 28.4 Å². The van der Waals surface area contributed by atoms with Crippen molar-refractivity contribution in [3.05, 3.63) is 106 Å². The van der Waals surface area contributed by atoms with Crippen LogP contribution in [0.25, 0.3) is 11.0 Å². The molecule has 0 N–H and O–H groups in total. The van der Waals surface area contributed by atoms with Gasteiger partial charge in [-0.2, -0.15) is 0 Å². The summed E-state index contributed by atoms with van der Waals surface area (Å²) in [5.74, 6) is -0.196. The second-order valence-electron chi connectivity index (χ2n) is 8.77. The Labute approximate surface area is 219 Å². The topological polar surface area (TPSA) is 103 Å². The van der Waals surface area contributed by atoms with Crippen LogP contribution in [0.15, 0.2) is 93.5 Å². The van der Waals surface area contributed by atoms with Crippen LogP contribution in [0.2, 0.25) is 0 Å². The summed E-state index contributed by atoms with van der Waals surface area (Å²) in [5.41, 5.74) is 2.04. The number of ether oxygens (including phenoxy) is 2. The number of rotatable bonds is 8. The smallest absolute Gasteiger partial charge is 0.343 e. The summed E-state index contributed by atoms with van der Waals surface area (Å²) in [6, 6.07) is 17.2. The molecule has 1 aliphatic rings. The third kappa shape index (κ3) is 4.56. The van der Waals surface area contributed by atoms with Crippen LogP contribution in [-0.2, 0) is 22.9 Å². The van der Waals surface area contributed by atoms with Crippen molar-refractivity contribution in [2.24, 2.45) is 0 Å². The lowest BCUT2D eigenvalue weighted by molar-refractivity contribution is 0.0734. The molecule has 194 valence electrons. The van der Waals surface area contributed by atoms with E-state index in [0.29, 0.717) is 29.0 Å². The van der Waals surface area contributed by atoms with Gasteiger partial charge in [-0.1, -0.05) is 24.3 Å². The highest BCUT2D eigenvalue weighted by Crippen LogP contribution is 2.33. The van der Waals surface area contributed by atoms with E-state index in [9.17, 15) is 18.0 Å². The number of nitrogens with zero attached hydrogens (tertiary/aromatic N) is 1. The molecule has 0 fully saturated rings.